The Balaban J connectivity index is 1.67. The van der Waals surface area contributed by atoms with Crippen LogP contribution in [0.1, 0.15) is 48.7 Å². The fourth-order valence-corrected chi connectivity index (χ4v) is 5.55. The Kier molecular flexibility index (Phi) is 9.88. The van der Waals surface area contributed by atoms with Gasteiger partial charge < -0.3 is 25.2 Å². The Morgan fingerprint density at radius 1 is 1.11 bits per heavy atom. The number of methoxy groups -OCH3 is 1. The van der Waals surface area contributed by atoms with Gasteiger partial charge in [-0.15, -0.1) is 0 Å². The molecule has 0 saturated carbocycles. The molecule has 2 heterocycles. The van der Waals surface area contributed by atoms with Gasteiger partial charge in [0, 0.05) is 49.1 Å². The molecule has 2 aromatic carbocycles. The van der Waals surface area contributed by atoms with E-state index in [1.165, 1.54) is 6.92 Å². The molecule has 0 saturated heterocycles. The predicted octanol–water partition coefficient (Wildman–Crippen LogP) is 5.90. The summed E-state index contributed by atoms with van der Waals surface area (Å²) in [5.74, 6) is -5.05. The van der Waals surface area contributed by atoms with Crippen LogP contribution in [0.15, 0.2) is 48.3 Å². The van der Waals surface area contributed by atoms with Crippen LogP contribution < -0.4 is 10.6 Å². The number of halogens is 5. The molecule has 4 rings (SSSR count). The number of anilines is 1. The summed E-state index contributed by atoms with van der Waals surface area (Å²) in [5, 5.41) is 5.04. The van der Waals surface area contributed by atoms with E-state index in [1.54, 1.807) is 42.2 Å². The number of esters is 1. The third-order valence-electron chi connectivity index (χ3n) is 8.25. The molecule has 0 aliphatic carbocycles. The van der Waals surface area contributed by atoms with Crippen molar-refractivity contribution in [3.63, 3.8) is 0 Å². The third-order valence-corrected chi connectivity index (χ3v) is 8.25. The van der Waals surface area contributed by atoms with E-state index in [0.29, 0.717) is 28.6 Å². The van der Waals surface area contributed by atoms with Crippen molar-refractivity contribution in [2.24, 2.45) is 0 Å². The van der Waals surface area contributed by atoms with Gasteiger partial charge in [-0.1, -0.05) is 25.1 Å². The molecule has 9 nitrogen and oxygen atoms in total. The molecule has 14 heteroatoms. The maximum atomic E-state index is 15.0. The van der Waals surface area contributed by atoms with Crippen LogP contribution in [0, 0.1) is 11.6 Å². The largest absolute Gasteiger partial charge is 0.467 e. The highest BCUT2D eigenvalue weighted by Crippen LogP contribution is 2.36. The maximum absolute atomic E-state index is 15.0. The van der Waals surface area contributed by atoms with Crippen molar-refractivity contribution in [2.75, 3.05) is 26.5 Å². The Morgan fingerprint density at radius 2 is 1.76 bits per heavy atom. The van der Waals surface area contributed by atoms with Gasteiger partial charge in [0.05, 0.1) is 18.7 Å². The molecule has 2 N–H and O–H groups in total. The minimum Gasteiger partial charge on any atom is -0.467 e. The average molecular weight is 648 g/mol. The highest BCUT2D eigenvalue weighted by Gasteiger charge is 2.39. The van der Waals surface area contributed by atoms with Crippen LogP contribution in [-0.4, -0.2) is 78.2 Å². The number of carbonyl (C=O) groups excluding carboxylic acids is 3. The highest BCUT2D eigenvalue weighted by molar-refractivity contribution is 5.99. The first-order chi connectivity index (χ1) is 21.6. The van der Waals surface area contributed by atoms with E-state index in [0.717, 1.165) is 23.9 Å². The monoisotopic (exact) mass is 647 g/mol. The number of likely N-dealkylation sites (N-methyl/N-ethyl adjacent to an activating group) is 1. The minimum absolute atomic E-state index is 0.158. The summed E-state index contributed by atoms with van der Waals surface area (Å²) in [6.07, 6.45) is -3.69. The molecule has 3 aromatic rings. The van der Waals surface area contributed by atoms with Crippen LogP contribution in [0.5, 0.6) is 0 Å². The Hall–Kier alpha value is -4.75. The second-order valence-corrected chi connectivity index (χ2v) is 11.0. The van der Waals surface area contributed by atoms with E-state index < -0.39 is 59.4 Å². The van der Waals surface area contributed by atoms with Crippen LogP contribution in [0.25, 0.3) is 16.5 Å². The van der Waals surface area contributed by atoms with Crippen molar-refractivity contribution in [1.82, 2.24) is 20.1 Å². The normalized spacial score (nSPS) is 16.8. The van der Waals surface area contributed by atoms with Gasteiger partial charge in [0.1, 0.15) is 29.3 Å². The van der Waals surface area contributed by atoms with Crippen molar-refractivity contribution < 1.29 is 41.1 Å². The second kappa shape index (κ2) is 13.3. The number of aromatic nitrogens is 1. The van der Waals surface area contributed by atoms with Crippen LogP contribution >= 0.6 is 0 Å². The first-order valence-electron chi connectivity index (χ1n) is 14.4. The van der Waals surface area contributed by atoms with E-state index in [4.69, 9.17) is 4.74 Å². The highest BCUT2D eigenvalue weighted by atomic mass is 19.4. The number of rotatable bonds is 9. The molecule has 0 fully saturated rings. The lowest BCUT2D eigenvalue weighted by atomic mass is 9.89. The lowest BCUT2D eigenvalue weighted by molar-refractivity contribution is -0.143. The topological polar surface area (TPSA) is 104 Å². The molecule has 0 spiro atoms. The molecule has 1 aliphatic rings. The molecule has 246 valence electrons. The number of carbonyl (C=O) groups is 3. The molecular formula is C32H34F5N5O4. The number of fused-ring (bicyclic) bond motifs is 1. The number of alkyl halides is 3. The standard InChI is InChI=1S/C32H34F5N5O4/c1-7-25(32(35,36)37)39-19-14-22(33)27(23(34)15-19)29(43)40-24(30(44)46-6)13-18-10-11-20(21-9-8-12-38-28(18)21)26-16(2)41(4)31(45)42(5)17(26)3/h8-12,14-16,24-25,39H,7,13H2,1-6H3,(H,40,43)/t16?,24-,25+/m0/s1. The number of urea groups is 1. The number of nitrogens with zero attached hydrogens (tertiary/aromatic N) is 3. The van der Waals surface area contributed by atoms with Crippen molar-refractivity contribution in [2.45, 2.75) is 57.9 Å². The maximum Gasteiger partial charge on any atom is 0.408 e. The lowest BCUT2D eigenvalue weighted by Gasteiger charge is -2.39. The summed E-state index contributed by atoms with van der Waals surface area (Å²) in [5.41, 5.74) is 1.86. The zero-order valence-corrected chi connectivity index (χ0v) is 26.1. The number of hydrogen-bond donors (Lipinski definition) is 2. The predicted molar refractivity (Wildman–Crippen MR) is 162 cm³/mol. The number of ether oxygens (including phenoxy) is 1. The average Bonchev–Trinajstić information content (AvgIpc) is 3.00. The van der Waals surface area contributed by atoms with E-state index in [-0.39, 0.29) is 18.5 Å². The number of amides is 3. The summed E-state index contributed by atoms with van der Waals surface area (Å²) in [7, 11) is 4.47. The summed E-state index contributed by atoms with van der Waals surface area (Å²) >= 11 is 0. The van der Waals surface area contributed by atoms with Gasteiger partial charge in [-0.2, -0.15) is 13.2 Å². The molecule has 3 amide bonds. The zero-order chi connectivity index (χ0) is 34.1. The SMILES string of the molecule is CC[C@@H](Nc1cc(F)c(C(=O)N[C@@H](Cc2ccc(C3=C(C)N(C)C(=O)N(C)C3C)c3cccnc23)C(=O)OC)c(F)c1)C(F)(F)F. The van der Waals surface area contributed by atoms with Gasteiger partial charge in [-0.25, -0.2) is 18.4 Å². The molecule has 46 heavy (non-hydrogen) atoms. The van der Waals surface area contributed by atoms with E-state index in [2.05, 4.69) is 10.3 Å². The summed E-state index contributed by atoms with van der Waals surface area (Å²) < 4.78 is 74.3. The van der Waals surface area contributed by atoms with Gasteiger partial charge in [0.25, 0.3) is 5.91 Å². The van der Waals surface area contributed by atoms with E-state index >= 15 is 0 Å². The molecule has 1 aromatic heterocycles. The number of benzene rings is 2. The fraction of sp³-hybridized carbons (Fsp3) is 0.375. The number of pyridine rings is 1. The van der Waals surface area contributed by atoms with Crippen molar-refractivity contribution in [1.29, 1.82) is 0 Å². The number of allylic oxidation sites excluding steroid dienone is 1. The molecular weight excluding hydrogens is 613 g/mol. The van der Waals surface area contributed by atoms with Crippen molar-refractivity contribution >= 4 is 40.1 Å². The Labute approximate surface area is 262 Å². The van der Waals surface area contributed by atoms with Crippen LogP contribution in [-0.2, 0) is 16.0 Å². The van der Waals surface area contributed by atoms with Crippen LogP contribution in [0.4, 0.5) is 32.4 Å². The molecule has 0 radical (unpaired) electrons. The smallest absolute Gasteiger partial charge is 0.408 e. The first kappa shape index (κ1) is 34.1. The Morgan fingerprint density at radius 3 is 2.35 bits per heavy atom. The minimum atomic E-state index is -4.67. The fourth-order valence-electron chi connectivity index (χ4n) is 5.55. The number of hydrogen-bond acceptors (Lipinski definition) is 6. The second-order valence-electron chi connectivity index (χ2n) is 11.0. The summed E-state index contributed by atoms with van der Waals surface area (Å²) in [6.45, 7) is 5.00. The quantitative estimate of drug-likeness (QED) is 0.222. The molecule has 3 atom stereocenters. The van der Waals surface area contributed by atoms with Crippen LogP contribution in [0.2, 0.25) is 0 Å². The summed E-state index contributed by atoms with van der Waals surface area (Å²) in [4.78, 5) is 46.2. The van der Waals surface area contributed by atoms with Gasteiger partial charge in [-0.05, 0) is 49.6 Å². The van der Waals surface area contributed by atoms with E-state index in [9.17, 15) is 36.3 Å². The third kappa shape index (κ3) is 6.60. The van der Waals surface area contributed by atoms with Gasteiger partial charge in [0.15, 0.2) is 0 Å². The zero-order valence-electron chi connectivity index (χ0n) is 26.1. The van der Waals surface area contributed by atoms with Gasteiger partial charge >= 0.3 is 18.2 Å². The van der Waals surface area contributed by atoms with Gasteiger partial charge in [0.2, 0.25) is 0 Å². The van der Waals surface area contributed by atoms with Crippen molar-refractivity contribution in [3.8, 4) is 0 Å². The Bertz CT molecular complexity index is 1690. The van der Waals surface area contributed by atoms with Gasteiger partial charge in [-0.3, -0.25) is 9.78 Å². The molecule has 1 aliphatic heterocycles. The van der Waals surface area contributed by atoms with Crippen LogP contribution in [0.3, 0.4) is 0 Å². The molecule has 0 bridgehead atoms. The lowest BCUT2D eigenvalue weighted by Crippen LogP contribution is -2.48. The number of nitrogens with one attached hydrogen (secondary N) is 2. The molecule has 1 unspecified atom stereocenters. The first-order valence-corrected chi connectivity index (χ1v) is 14.4. The van der Waals surface area contributed by atoms with E-state index in [1.807, 2.05) is 31.3 Å². The summed E-state index contributed by atoms with van der Waals surface area (Å²) in [6, 6.07) is 4.36. The van der Waals surface area contributed by atoms with Crippen molar-refractivity contribution in [3.05, 3.63) is 76.6 Å².